The van der Waals surface area contributed by atoms with E-state index in [1.54, 1.807) is 18.2 Å². The van der Waals surface area contributed by atoms with E-state index < -0.39 is 5.41 Å². The Morgan fingerprint density at radius 2 is 1.81 bits per heavy atom. The van der Waals surface area contributed by atoms with Crippen molar-refractivity contribution in [3.8, 4) is 0 Å². The predicted octanol–water partition coefficient (Wildman–Crippen LogP) is 3.84. The molecule has 1 aromatic rings. The van der Waals surface area contributed by atoms with Gasteiger partial charge in [0.25, 0.3) is 0 Å². The Hall–Kier alpha value is -1.32. The molecule has 21 heavy (non-hydrogen) atoms. The number of anilines is 1. The van der Waals surface area contributed by atoms with Crippen molar-refractivity contribution in [1.82, 2.24) is 0 Å². The first-order chi connectivity index (χ1) is 9.99. The van der Waals surface area contributed by atoms with Crippen molar-refractivity contribution in [2.24, 2.45) is 17.3 Å². The summed E-state index contributed by atoms with van der Waals surface area (Å²) in [5, 5.41) is 0.846. The Balaban J connectivity index is 1.76. The van der Waals surface area contributed by atoms with Crippen LogP contribution < -0.4 is 4.90 Å². The number of hydrogen-bond acceptors (Lipinski definition) is 2. The molecule has 2 aliphatic carbocycles. The van der Waals surface area contributed by atoms with Gasteiger partial charge < -0.3 is 0 Å². The van der Waals surface area contributed by atoms with Crippen LogP contribution in [0.5, 0.6) is 0 Å². The summed E-state index contributed by atoms with van der Waals surface area (Å²) in [7, 11) is 0. The van der Waals surface area contributed by atoms with Gasteiger partial charge in [-0.1, -0.05) is 35.4 Å². The van der Waals surface area contributed by atoms with Gasteiger partial charge in [0.2, 0.25) is 11.8 Å². The number of imide groups is 1. The average molecular weight is 322 g/mol. The molecule has 1 saturated heterocycles. The first-order valence-electron chi connectivity index (χ1n) is 7.01. The van der Waals surface area contributed by atoms with Gasteiger partial charge in [-0.2, -0.15) is 0 Å². The molecule has 1 spiro atoms. The summed E-state index contributed by atoms with van der Waals surface area (Å²) < 4.78 is 0. The van der Waals surface area contributed by atoms with Crippen molar-refractivity contribution < 1.29 is 9.59 Å². The van der Waals surface area contributed by atoms with Gasteiger partial charge in [0.1, 0.15) is 0 Å². The van der Waals surface area contributed by atoms with Crippen LogP contribution in [0.4, 0.5) is 5.69 Å². The van der Waals surface area contributed by atoms with Gasteiger partial charge in [0.05, 0.1) is 11.1 Å². The number of nitrogens with zero attached hydrogens (tertiary/aromatic N) is 1. The van der Waals surface area contributed by atoms with E-state index >= 15 is 0 Å². The molecule has 3 atom stereocenters. The smallest absolute Gasteiger partial charge is 0.241 e. The summed E-state index contributed by atoms with van der Waals surface area (Å²) in [6.07, 6.45) is 6.34. The number of carbonyl (C=O) groups excluding carboxylic acids is 2. The second kappa shape index (κ2) is 4.34. The molecule has 1 saturated carbocycles. The minimum absolute atomic E-state index is 0.0947. The molecule has 1 aromatic carbocycles. The topological polar surface area (TPSA) is 37.4 Å². The fraction of sp³-hybridized carbons (Fsp3) is 0.375. The SMILES string of the molecule is O=C1C[C@@]2(C[C@H]3C=C[C@H]2C3)C(=O)N1c1cc(Cl)cc(Cl)c1. The number of carbonyl (C=O) groups is 2. The summed E-state index contributed by atoms with van der Waals surface area (Å²) in [5.74, 6) is 0.384. The van der Waals surface area contributed by atoms with Crippen molar-refractivity contribution in [1.29, 1.82) is 0 Å². The van der Waals surface area contributed by atoms with Crippen LogP contribution in [0.1, 0.15) is 19.3 Å². The van der Waals surface area contributed by atoms with Crippen LogP contribution >= 0.6 is 23.2 Å². The summed E-state index contributed by atoms with van der Waals surface area (Å²) in [5.41, 5.74) is -0.0585. The van der Waals surface area contributed by atoms with Crippen LogP contribution in [0.3, 0.4) is 0 Å². The molecule has 108 valence electrons. The standard InChI is InChI=1S/C16H13Cl2NO2/c17-11-4-12(18)6-13(5-11)19-14(20)8-16(15(19)21)7-9-1-2-10(16)3-9/h1-2,4-6,9-10H,3,7-8H2/t9-,10-,16+/m0/s1. The summed E-state index contributed by atoms with van der Waals surface area (Å²) in [6, 6.07) is 4.82. The predicted molar refractivity (Wildman–Crippen MR) is 81.4 cm³/mol. The lowest BCUT2D eigenvalue weighted by atomic mass is 9.74. The molecule has 0 radical (unpaired) electrons. The number of fused-ring (bicyclic) bond motifs is 3. The van der Waals surface area contributed by atoms with Crippen LogP contribution in [0.2, 0.25) is 10.0 Å². The van der Waals surface area contributed by atoms with E-state index in [1.165, 1.54) is 4.90 Å². The minimum Gasteiger partial charge on any atom is -0.274 e. The van der Waals surface area contributed by atoms with Crippen molar-refractivity contribution in [2.75, 3.05) is 4.90 Å². The van der Waals surface area contributed by atoms with Crippen LogP contribution in [0.25, 0.3) is 0 Å². The molecule has 4 rings (SSSR count). The molecule has 1 aliphatic heterocycles. The molecule has 0 aromatic heterocycles. The summed E-state index contributed by atoms with van der Waals surface area (Å²) >= 11 is 12.0. The van der Waals surface area contributed by atoms with Gasteiger partial charge in [0, 0.05) is 16.5 Å². The fourth-order valence-electron chi connectivity index (χ4n) is 4.09. The van der Waals surface area contributed by atoms with Crippen LogP contribution in [-0.2, 0) is 9.59 Å². The molecule has 2 amide bonds. The molecule has 0 unspecified atom stereocenters. The van der Waals surface area contributed by atoms with Crippen LogP contribution in [-0.4, -0.2) is 11.8 Å². The van der Waals surface area contributed by atoms with Gasteiger partial charge in [0.15, 0.2) is 0 Å². The first kappa shape index (κ1) is 13.4. The molecular formula is C16H13Cl2NO2. The Kier molecular flexibility index (Phi) is 2.76. The molecule has 3 aliphatic rings. The zero-order valence-electron chi connectivity index (χ0n) is 11.2. The number of allylic oxidation sites excluding steroid dienone is 2. The number of halogens is 2. The summed E-state index contributed by atoms with van der Waals surface area (Å²) in [6.45, 7) is 0. The van der Waals surface area contributed by atoms with Crippen molar-refractivity contribution in [3.63, 3.8) is 0 Å². The number of hydrogen-bond donors (Lipinski definition) is 0. The highest BCUT2D eigenvalue weighted by Crippen LogP contribution is 2.58. The maximum Gasteiger partial charge on any atom is 0.241 e. The third kappa shape index (κ3) is 1.80. The molecule has 5 heteroatoms. The largest absolute Gasteiger partial charge is 0.274 e. The van der Waals surface area contributed by atoms with E-state index in [1.807, 2.05) is 0 Å². The minimum atomic E-state index is -0.536. The third-order valence-corrected chi connectivity index (χ3v) is 5.40. The number of amides is 2. The Bertz CT molecular complexity index is 679. The van der Waals surface area contributed by atoms with E-state index in [0.717, 1.165) is 12.8 Å². The molecule has 3 nitrogen and oxygen atoms in total. The normalized spacial score (nSPS) is 33.7. The first-order valence-corrected chi connectivity index (χ1v) is 7.77. The molecule has 1 heterocycles. The Morgan fingerprint density at radius 3 is 2.38 bits per heavy atom. The van der Waals surface area contributed by atoms with E-state index in [-0.39, 0.29) is 17.7 Å². The maximum atomic E-state index is 12.9. The van der Waals surface area contributed by atoms with E-state index in [0.29, 0.717) is 28.1 Å². The summed E-state index contributed by atoms with van der Waals surface area (Å²) in [4.78, 5) is 26.6. The van der Waals surface area contributed by atoms with E-state index in [9.17, 15) is 9.59 Å². The van der Waals surface area contributed by atoms with Gasteiger partial charge in [-0.3, -0.25) is 9.59 Å². The van der Waals surface area contributed by atoms with E-state index in [4.69, 9.17) is 23.2 Å². The van der Waals surface area contributed by atoms with Gasteiger partial charge in [-0.05, 0) is 42.9 Å². The zero-order chi connectivity index (χ0) is 14.8. The lowest BCUT2D eigenvalue weighted by Crippen LogP contribution is -2.38. The number of benzene rings is 1. The van der Waals surface area contributed by atoms with Gasteiger partial charge in [-0.15, -0.1) is 0 Å². The number of rotatable bonds is 1. The van der Waals surface area contributed by atoms with Crippen molar-refractivity contribution in [3.05, 3.63) is 40.4 Å². The highest BCUT2D eigenvalue weighted by Gasteiger charge is 2.60. The highest BCUT2D eigenvalue weighted by molar-refractivity contribution is 6.35. The van der Waals surface area contributed by atoms with Crippen LogP contribution in [0.15, 0.2) is 30.4 Å². The monoisotopic (exact) mass is 321 g/mol. The Labute approximate surface area is 132 Å². The van der Waals surface area contributed by atoms with Crippen molar-refractivity contribution in [2.45, 2.75) is 19.3 Å². The average Bonchev–Trinajstić information content (AvgIpc) is 3.03. The highest BCUT2D eigenvalue weighted by atomic mass is 35.5. The van der Waals surface area contributed by atoms with Gasteiger partial charge in [-0.25, -0.2) is 4.90 Å². The second-order valence-corrected chi connectivity index (χ2v) is 7.06. The zero-order valence-corrected chi connectivity index (χ0v) is 12.7. The molecule has 2 bridgehead atoms. The maximum absolute atomic E-state index is 12.9. The molecule has 2 fully saturated rings. The Morgan fingerprint density at radius 1 is 1.10 bits per heavy atom. The second-order valence-electron chi connectivity index (χ2n) is 6.19. The quantitative estimate of drug-likeness (QED) is 0.582. The molecular weight excluding hydrogens is 309 g/mol. The van der Waals surface area contributed by atoms with Gasteiger partial charge >= 0.3 is 0 Å². The van der Waals surface area contributed by atoms with Crippen molar-refractivity contribution >= 4 is 40.7 Å². The lowest BCUT2D eigenvalue weighted by Gasteiger charge is -2.28. The van der Waals surface area contributed by atoms with E-state index in [2.05, 4.69) is 12.2 Å². The molecule has 0 N–H and O–H groups in total. The van der Waals surface area contributed by atoms with Crippen LogP contribution in [0, 0.1) is 17.3 Å². The third-order valence-electron chi connectivity index (χ3n) is 4.96. The lowest BCUT2D eigenvalue weighted by molar-refractivity contribution is -0.126. The fourth-order valence-corrected chi connectivity index (χ4v) is 4.61.